The number of carbonyl (C=O) groups is 2. The monoisotopic (exact) mass is 1010 g/mol. The van der Waals surface area contributed by atoms with Gasteiger partial charge < -0.3 is 103 Å². The molecule has 5 unspecified atom stereocenters. The molecule has 0 saturated carbocycles. The molecular weight excluding hydrogens is 945 g/mol. The first-order valence-electron chi connectivity index (χ1n) is 24.2. The minimum atomic E-state index is -1.61. The number of aliphatic hydroxyl groups excluding tert-OH is 7. The van der Waals surface area contributed by atoms with Gasteiger partial charge in [-0.05, 0) is 71.0 Å². The molecular formula is C48H68O23. The average molecular weight is 1010 g/mol. The van der Waals surface area contributed by atoms with Gasteiger partial charge in [0.15, 0.2) is 37.0 Å². The standard InChI is InChI=1S/C48H68O23/c1-16-27(67-33-13-28(41(54)19(4)64-33)68-31-11-25(49)39(52)17(2)62-31)10-23-8-22-9-24(47(61-7)48(59)60)46(45(58)37(22)44(57)36(23)38(16)51)71-35-15-30(43(56)21(6)66-35)70-34-14-29(42(55)20(5)65-34)69-32-12-26(50)40(53)18(3)63-32/h8,10,17-21,24-26,28-35,39-43,46-47,49-57H,9,11-15H2,1-7H3,(H,59,60)/t17?,18?,19?,20?,21?,24-,25-,26-,28-,29-,30-,31+,32+,33+,34+,35+,39-,40-,41-,42+,43-,46+,47+/m1/s1. The van der Waals surface area contributed by atoms with Crippen molar-refractivity contribution in [2.75, 3.05) is 7.11 Å². The Hall–Kier alpha value is -3.44. The number of fused-ring (bicyclic) bond motifs is 2. The smallest absolute Gasteiger partial charge is 0.333 e. The largest absolute Gasteiger partial charge is 0.507 e. The van der Waals surface area contributed by atoms with Gasteiger partial charge in [-0.25, -0.2) is 4.79 Å². The number of carboxylic acids is 1. The highest BCUT2D eigenvalue weighted by molar-refractivity contribution is 6.11. The molecule has 0 bridgehead atoms. The highest BCUT2D eigenvalue weighted by Gasteiger charge is 2.50. The van der Waals surface area contributed by atoms with Crippen LogP contribution in [0.25, 0.3) is 10.8 Å². The summed E-state index contributed by atoms with van der Waals surface area (Å²) in [6.45, 7) is 9.45. The molecule has 71 heavy (non-hydrogen) atoms. The third-order valence-electron chi connectivity index (χ3n) is 14.7. The van der Waals surface area contributed by atoms with E-state index in [1.807, 2.05) is 0 Å². The number of hydrogen-bond donors (Lipinski definition) is 10. The predicted octanol–water partition coefficient (Wildman–Crippen LogP) is 0.134. The fourth-order valence-electron chi connectivity index (χ4n) is 10.6. The lowest BCUT2D eigenvalue weighted by Crippen LogP contribution is -2.56. The number of aliphatic carboxylic acids is 1. The number of aliphatic hydroxyl groups is 7. The molecule has 0 radical (unpaired) electrons. The Bertz CT molecular complexity index is 2190. The molecule has 23 heteroatoms. The van der Waals surface area contributed by atoms with Crippen LogP contribution in [0.4, 0.5) is 0 Å². The van der Waals surface area contributed by atoms with Crippen LogP contribution in [0, 0.1) is 12.8 Å². The number of rotatable bonds is 13. The van der Waals surface area contributed by atoms with E-state index >= 15 is 0 Å². The van der Waals surface area contributed by atoms with Crippen molar-refractivity contribution >= 4 is 22.5 Å². The molecule has 2 aromatic carbocycles. The summed E-state index contributed by atoms with van der Waals surface area (Å²) < 4.78 is 65.7. The van der Waals surface area contributed by atoms with E-state index in [0.717, 1.165) is 0 Å². The van der Waals surface area contributed by atoms with Crippen molar-refractivity contribution in [2.24, 2.45) is 5.92 Å². The van der Waals surface area contributed by atoms with Crippen LogP contribution in [0.2, 0.25) is 0 Å². The Kier molecular flexibility index (Phi) is 16.5. The Balaban J connectivity index is 1.01. The molecule has 0 amide bonds. The number of Topliss-reactive ketones (excluding diaryl/α,β-unsaturated/α-hetero) is 1. The van der Waals surface area contributed by atoms with Crippen molar-refractivity contribution in [1.29, 1.82) is 0 Å². The number of ketones is 1. The van der Waals surface area contributed by atoms with Crippen molar-refractivity contribution < 1.29 is 113 Å². The fourth-order valence-corrected chi connectivity index (χ4v) is 10.6. The van der Waals surface area contributed by atoms with E-state index in [0.29, 0.717) is 0 Å². The van der Waals surface area contributed by atoms with Crippen LogP contribution < -0.4 is 4.74 Å². The van der Waals surface area contributed by atoms with Crippen LogP contribution in [0.5, 0.6) is 17.2 Å². The van der Waals surface area contributed by atoms with Crippen molar-refractivity contribution in [3.8, 4) is 17.2 Å². The van der Waals surface area contributed by atoms with Crippen molar-refractivity contribution in [3.05, 3.63) is 28.8 Å². The van der Waals surface area contributed by atoms with Crippen LogP contribution in [0.3, 0.4) is 0 Å². The second-order valence-electron chi connectivity index (χ2n) is 19.8. The van der Waals surface area contributed by atoms with Gasteiger partial charge in [0.25, 0.3) is 0 Å². The van der Waals surface area contributed by atoms with Crippen LogP contribution >= 0.6 is 0 Å². The van der Waals surface area contributed by atoms with Gasteiger partial charge >= 0.3 is 5.97 Å². The quantitative estimate of drug-likeness (QED) is 0.128. The molecule has 2 aromatic rings. The Labute approximate surface area is 408 Å². The zero-order chi connectivity index (χ0) is 51.5. The number of hydrogen-bond acceptors (Lipinski definition) is 22. The van der Waals surface area contributed by atoms with Gasteiger partial charge in [0, 0.05) is 50.7 Å². The molecule has 0 spiro atoms. The molecule has 6 aliphatic rings. The summed E-state index contributed by atoms with van der Waals surface area (Å²) >= 11 is 0. The molecule has 5 heterocycles. The zero-order valence-electron chi connectivity index (χ0n) is 40.5. The van der Waals surface area contributed by atoms with Gasteiger partial charge in [-0.15, -0.1) is 0 Å². The van der Waals surface area contributed by atoms with Crippen LogP contribution in [-0.2, 0) is 58.6 Å². The SMILES string of the molecule is CO[C@H](C(=O)O)[C@@H]1Cc2cc3cc(O[C@H]4C[C@@H](O[C@H]5C[C@@H](O)[C@H](O)C(C)O5)[C@H](O)C(C)O4)c(C)c(O)c3c(O)c2C(=O)[C@H]1O[C@H]1C[C@@H](O[C@H]2C[C@@H](O[C@H]3C[C@@H](O)[C@H](O)C(C)O3)[C@@H](O)C(C)O2)[C@H](O)C(C)O1. The van der Waals surface area contributed by atoms with Gasteiger partial charge in [0.05, 0.1) is 72.0 Å². The zero-order valence-corrected chi connectivity index (χ0v) is 40.5. The molecule has 398 valence electrons. The molecule has 1 aliphatic carbocycles. The number of phenolic OH excluding ortho intramolecular Hbond substituents is 2. The second kappa shape index (κ2) is 21.8. The molecule has 5 saturated heterocycles. The molecule has 0 aromatic heterocycles. The molecule has 8 rings (SSSR count). The number of carbonyl (C=O) groups excluding carboxylic acids is 1. The second-order valence-corrected chi connectivity index (χ2v) is 19.8. The molecule has 23 nitrogen and oxygen atoms in total. The summed E-state index contributed by atoms with van der Waals surface area (Å²) in [7, 11) is 1.17. The minimum absolute atomic E-state index is 0.0190. The van der Waals surface area contributed by atoms with E-state index in [1.165, 1.54) is 26.2 Å². The number of aromatic hydroxyl groups is 2. The third kappa shape index (κ3) is 11.0. The Morgan fingerprint density at radius 1 is 0.606 bits per heavy atom. The van der Waals surface area contributed by atoms with Gasteiger partial charge in [0.1, 0.15) is 53.9 Å². The summed E-state index contributed by atoms with van der Waals surface area (Å²) in [4.78, 5) is 27.4. The number of benzene rings is 2. The van der Waals surface area contributed by atoms with E-state index in [9.17, 15) is 60.7 Å². The molecule has 5 aliphatic heterocycles. The maximum atomic E-state index is 14.7. The summed E-state index contributed by atoms with van der Waals surface area (Å²) in [6, 6.07) is 3.04. The first-order chi connectivity index (χ1) is 33.5. The molecule has 5 fully saturated rings. The van der Waals surface area contributed by atoms with E-state index in [4.69, 9.17) is 52.1 Å². The van der Waals surface area contributed by atoms with Gasteiger partial charge in [-0.1, -0.05) is 0 Å². The first kappa shape index (κ1) is 53.8. The van der Waals surface area contributed by atoms with E-state index in [-0.39, 0.29) is 71.7 Å². The van der Waals surface area contributed by atoms with E-state index < -0.39 is 164 Å². The summed E-state index contributed by atoms with van der Waals surface area (Å²) in [5.74, 6) is -4.37. The van der Waals surface area contributed by atoms with Crippen molar-refractivity contribution in [1.82, 2.24) is 0 Å². The topological polar surface area (TPSA) is 338 Å². The lowest BCUT2D eigenvalue weighted by atomic mass is 9.76. The van der Waals surface area contributed by atoms with Gasteiger partial charge in [-0.3, -0.25) is 4.79 Å². The highest BCUT2D eigenvalue weighted by atomic mass is 16.7. The van der Waals surface area contributed by atoms with E-state index in [1.54, 1.807) is 34.6 Å². The normalized spacial score (nSPS) is 42.6. The summed E-state index contributed by atoms with van der Waals surface area (Å²) in [6.07, 6.45) is -23.8. The predicted molar refractivity (Wildman–Crippen MR) is 239 cm³/mol. The Morgan fingerprint density at radius 2 is 1.03 bits per heavy atom. The Morgan fingerprint density at radius 3 is 1.48 bits per heavy atom. The third-order valence-corrected chi connectivity index (χ3v) is 14.7. The maximum absolute atomic E-state index is 14.7. The fraction of sp³-hybridized carbons (Fsp3) is 0.750. The van der Waals surface area contributed by atoms with Crippen molar-refractivity contribution in [2.45, 2.75) is 215 Å². The lowest BCUT2D eigenvalue weighted by Gasteiger charge is -2.45. The van der Waals surface area contributed by atoms with Gasteiger partial charge in [-0.2, -0.15) is 0 Å². The number of methoxy groups -OCH3 is 1. The molecule has 10 N–H and O–H groups in total. The number of ether oxygens (including phenoxy) is 11. The van der Waals surface area contributed by atoms with Crippen LogP contribution in [0.1, 0.15) is 88.2 Å². The lowest BCUT2D eigenvalue weighted by molar-refractivity contribution is -0.329. The van der Waals surface area contributed by atoms with Crippen LogP contribution in [0.15, 0.2) is 12.1 Å². The number of phenols is 2. The summed E-state index contributed by atoms with van der Waals surface area (Å²) in [5.41, 5.74) is 0.134. The average Bonchev–Trinajstić information content (AvgIpc) is 3.29. The minimum Gasteiger partial charge on any atom is -0.507 e. The highest BCUT2D eigenvalue weighted by Crippen LogP contribution is 2.47. The summed E-state index contributed by atoms with van der Waals surface area (Å²) in [5, 5.41) is 108. The molecule has 23 atom stereocenters. The maximum Gasteiger partial charge on any atom is 0.333 e. The van der Waals surface area contributed by atoms with Crippen LogP contribution in [-0.4, -0.2) is 205 Å². The number of carboxylic acid groups (broad SMARTS) is 1. The van der Waals surface area contributed by atoms with E-state index in [2.05, 4.69) is 0 Å². The van der Waals surface area contributed by atoms with Crippen molar-refractivity contribution in [3.63, 3.8) is 0 Å². The van der Waals surface area contributed by atoms with Gasteiger partial charge in [0.2, 0.25) is 6.29 Å². The first-order valence-corrected chi connectivity index (χ1v) is 24.2.